The molecule has 0 bridgehead atoms. The molecule has 3 aromatic rings. The second kappa shape index (κ2) is 14.7. The van der Waals surface area contributed by atoms with Crippen LogP contribution in [0.4, 0.5) is 11.4 Å². The average Bonchev–Trinajstić information content (AvgIpc) is 2.91. The fourth-order valence-corrected chi connectivity index (χ4v) is 5.34. The molecule has 3 aromatic carbocycles. The first kappa shape index (κ1) is 37.7. The molecule has 0 radical (unpaired) electrons. The Kier molecular flexibility index (Phi) is 12.3. The van der Waals surface area contributed by atoms with Crippen molar-refractivity contribution in [2.75, 3.05) is 34.3 Å². The normalized spacial score (nSPS) is 15.5. The first-order chi connectivity index (χ1) is 20.4. The smallest absolute Gasteiger partial charge is 0.873 e. The van der Waals surface area contributed by atoms with Crippen LogP contribution in [0.5, 0.6) is 17.2 Å². The Morgan fingerprint density at radius 1 is 0.667 bits per heavy atom. The van der Waals surface area contributed by atoms with Crippen LogP contribution in [0.1, 0.15) is 74.9 Å². The Bertz CT molecular complexity index is 1450. The van der Waals surface area contributed by atoms with Crippen LogP contribution in [0.2, 0.25) is 0 Å². The minimum Gasteiger partial charge on any atom is -0.873 e. The van der Waals surface area contributed by atoms with Crippen molar-refractivity contribution in [3.05, 3.63) is 75.8 Å². The number of aliphatic imine (C=N–C) groups is 2. The minimum absolute atomic E-state index is 0. The van der Waals surface area contributed by atoms with Crippen LogP contribution in [0.15, 0.2) is 52.4 Å². The molecule has 7 nitrogen and oxygen atoms in total. The fraction of sp³-hybridized carbons (Fsp3) is 0.459. The molecule has 0 unspecified atom stereocenters. The number of likely N-dealkylation sites (N-methyl/N-ethyl adjacent to an activating group) is 2. The Labute approximate surface area is 281 Å². The van der Waals surface area contributed by atoms with Gasteiger partial charge in [-0.25, -0.2) is 9.98 Å². The summed E-state index contributed by atoms with van der Waals surface area (Å²) >= 11 is 0. The molecular weight excluding hydrogens is 607 g/mol. The van der Waals surface area contributed by atoms with E-state index < -0.39 is 16.9 Å². The molecule has 0 amide bonds. The molecule has 45 heavy (non-hydrogen) atoms. The molecule has 0 saturated carbocycles. The zero-order valence-corrected chi connectivity index (χ0v) is 30.3. The van der Waals surface area contributed by atoms with Gasteiger partial charge in [-0.15, -0.1) is 11.5 Å². The number of methoxy groups -OCH3 is 1. The van der Waals surface area contributed by atoms with Gasteiger partial charge in [-0.3, -0.25) is 0 Å². The van der Waals surface area contributed by atoms with E-state index in [4.69, 9.17) is 14.7 Å². The maximum Gasteiger partial charge on any atom is 2.00 e. The minimum atomic E-state index is -0.438. The van der Waals surface area contributed by atoms with E-state index >= 15 is 0 Å². The summed E-state index contributed by atoms with van der Waals surface area (Å²) in [4.78, 5) is 14.5. The van der Waals surface area contributed by atoms with Crippen LogP contribution in [-0.2, 0) is 27.3 Å². The van der Waals surface area contributed by atoms with Crippen molar-refractivity contribution in [3.63, 3.8) is 0 Å². The molecule has 0 aromatic heterocycles. The summed E-state index contributed by atoms with van der Waals surface area (Å²) in [7, 11) is 5.72. The maximum atomic E-state index is 12.3. The largest absolute Gasteiger partial charge is 2.00 e. The zero-order valence-electron chi connectivity index (χ0n) is 29.3. The molecule has 1 aliphatic heterocycles. The Morgan fingerprint density at radius 3 is 1.36 bits per heavy atom. The summed E-state index contributed by atoms with van der Waals surface area (Å²) in [5, 5.41) is 24.5. The van der Waals surface area contributed by atoms with Gasteiger partial charge >= 0.3 is 16.5 Å². The van der Waals surface area contributed by atoms with Crippen molar-refractivity contribution in [3.8, 4) is 17.2 Å². The number of rotatable bonds is 3. The van der Waals surface area contributed by atoms with Gasteiger partial charge in [-0.1, -0.05) is 77.9 Å². The average molecular weight is 658 g/mol. The van der Waals surface area contributed by atoms with Crippen molar-refractivity contribution < 1.29 is 31.4 Å². The van der Waals surface area contributed by atoms with Crippen molar-refractivity contribution in [1.82, 2.24) is 9.80 Å². The molecule has 1 aliphatic rings. The summed E-state index contributed by atoms with van der Waals surface area (Å²) in [6.07, 6.45) is 0. The predicted octanol–water partition coefficient (Wildman–Crippen LogP) is 6.99. The number of ether oxygens (including phenoxy) is 1. The van der Waals surface area contributed by atoms with E-state index in [0.717, 1.165) is 36.1 Å². The van der Waals surface area contributed by atoms with Gasteiger partial charge in [0.1, 0.15) is 5.75 Å². The number of para-hydroxylation sites is 2. The first-order valence-electron chi connectivity index (χ1n) is 15.2. The van der Waals surface area contributed by atoms with Crippen LogP contribution in [0, 0.1) is 27.7 Å². The van der Waals surface area contributed by atoms with Crippen LogP contribution >= 0.6 is 0 Å². The number of hydrogen-bond acceptors (Lipinski definition) is 5. The SMILES string of the molecule is COc1cc(C(C)(C)C)c([O-])c([O-])c1C(C)(C)C.Cc1cccc(C)c1N=C1C(=Nc2c(C)cccc2C)N(C)CCN1C.[Ni+2]. The Morgan fingerprint density at radius 2 is 1.04 bits per heavy atom. The van der Waals surface area contributed by atoms with Crippen LogP contribution in [0.25, 0.3) is 0 Å². The van der Waals surface area contributed by atoms with E-state index in [9.17, 15) is 10.2 Å². The van der Waals surface area contributed by atoms with Gasteiger partial charge in [0.2, 0.25) is 0 Å². The number of piperazine rings is 1. The number of hydrogen-bond donors (Lipinski definition) is 0. The second-order valence-electron chi connectivity index (χ2n) is 13.9. The summed E-state index contributed by atoms with van der Waals surface area (Å²) < 4.78 is 5.30. The Balaban J connectivity index is 0.000000328. The van der Waals surface area contributed by atoms with Gasteiger partial charge in [0.25, 0.3) is 0 Å². The number of aryl methyl sites for hydroxylation is 4. The van der Waals surface area contributed by atoms with Crippen molar-refractivity contribution >= 4 is 23.0 Å². The molecule has 8 heteroatoms. The van der Waals surface area contributed by atoms with Gasteiger partial charge < -0.3 is 24.7 Å². The summed E-state index contributed by atoms with van der Waals surface area (Å²) in [6, 6.07) is 14.3. The fourth-order valence-electron chi connectivity index (χ4n) is 5.34. The third-order valence-corrected chi connectivity index (χ3v) is 7.99. The number of amidine groups is 2. The standard InChI is InChI=1S/C22H28N4.C15H24O3.Ni/c1-15-9-7-10-16(2)19(15)23-21-22(26(6)14-13-25(21)5)24-20-17(3)11-8-12-18(20)4;1-14(2,3)9-8-10(18-7)11(15(4,5)6)13(17)12(9)16;/h7-12H,13-14H2,1-6H3;8,16-17H,1-7H3;/q;;+2/p-2. The van der Waals surface area contributed by atoms with Crippen LogP contribution in [-0.4, -0.2) is 55.8 Å². The van der Waals surface area contributed by atoms with Gasteiger partial charge in [-0.2, -0.15) is 0 Å². The molecular formula is C37H50N4NiO3. The molecule has 0 atom stereocenters. The van der Waals surface area contributed by atoms with Gasteiger partial charge in [0.15, 0.2) is 11.7 Å². The maximum absolute atomic E-state index is 12.3. The molecule has 4 rings (SSSR count). The van der Waals surface area contributed by atoms with E-state index in [-0.39, 0.29) is 21.9 Å². The van der Waals surface area contributed by atoms with E-state index in [2.05, 4.69) is 88.0 Å². The van der Waals surface area contributed by atoms with Crippen molar-refractivity contribution in [2.24, 2.45) is 9.98 Å². The molecule has 1 heterocycles. The monoisotopic (exact) mass is 656 g/mol. The predicted molar refractivity (Wildman–Crippen MR) is 181 cm³/mol. The molecule has 0 spiro atoms. The third kappa shape index (κ3) is 8.61. The molecule has 0 N–H and O–H groups in total. The third-order valence-electron chi connectivity index (χ3n) is 7.99. The summed E-state index contributed by atoms with van der Waals surface area (Å²) in [5.41, 5.74) is 7.03. The van der Waals surface area contributed by atoms with Gasteiger partial charge in [-0.05, 0) is 78.0 Å². The molecule has 246 valence electrons. The van der Waals surface area contributed by atoms with E-state index in [1.807, 2.05) is 41.5 Å². The van der Waals surface area contributed by atoms with Crippen LogP contribution < -0.4 is 14.9 Å². The van der Waals surface area contributed by atoms with Gasteiger partial charge in [0.05, 0.1) is 18.5 Å². The summed E-state index contributed by atoms with van der Waals surface area (Å²) in [5.74, 6) is 1.52. The summed E-state index contributed by atoms with van der Waals surface area (Å²) in [6.45, 7) is 21.8. The van der Waals surface area contributed by atoms with E-state index in [1.165, 1.54) is 29.4 Å². The topological polar surface area (TPSA) is 86.5 Å². The Hall–Kier alpha value is -3.51. The van der Waals surface area contributed by atoms with Crippen molar-refractivity contribution in [2.45, 2.75) is 80.1 Å². The quantitative estimate of drug-likeness (QED) is 0.284. The first-order valence-corrected chi connectivity index (χ1v) is 15.2. The molecule has 1 saturated heterocycles. The number of nitrogens with zero attached hydrogens (tertiary/aromatic N) is 4. The molecule has 1 fully saturated rings. The zero-order chi connectivity index (χ0) is 33.1. The van der Waals surface area contributed by atoms with Crippen LogP contribution in [0.3, 0.4) is 0 Å². The number of benzene rings is 3. The van der Waals surface area contributed by atoms with E-state index in [0.29, 0.717) is 16.9 Å². The van der Waals surface area contributed by atoms with E-state index in [1.54, 1.807) is 6.07 Å². The molecule has 0 aliphatic carbocycles. The van der Waals surface area contributed by atoms with Crippen molar-refractivity contribution in [1.29, 1.82) is 0 Å². The second-order valence-corrected chi connectivity index (χ2v) is 13.9. The van der Waals surface area contributed by atoms with Gasteiger partial charge in [0, 0.05) is 27.2 Å².